The van der Waals surface area contributed by atoms with Crippen molar-refractivity contribution in [2.24, 2.45) is 5.10 Å². The van der Waals surface area contributed by atoms with Gasteiger partial charge >= 0.3 is 0 Å². The minimum absolute atomic E-state index is 0.267. The first-order valence-electron chi connectivity index (χ1n) is 6.39. The van der Waals surface area contributed by atoms with E-state index in [9.17, 15) is 4.79 Å². The number of hydrogen-bond donors (Lipinski definition) is 1. The zero-order chi connectivity index (χ0) is 14.5. The van der Waals surface area contributed by atoms with Crippen LogP contribution in [0.15, 0.2) is 41.8 Å². The Morgan fingerprint density at radius 2 is 1.95 bits per heavy atom. The quantitative estimate of drug-likeness (QED) is 0.686. The van der Waals surface area contributed by atoms with E-state index in [1.807, 2.05) is 13.8 Å². The molecule has 20 heavy (non-hydrogen) atoms. The summed E-state index contributed by atoms with van der Waals surface area (Å²) < 4.78 is 0. The van der Waals surface area contributed by atoms with Crippen molar-refractivity contribution in [2.45, 2.75) is 20.8 Å². The van der Waals surface area contributed by atoms with Gasteiger partial charge in [0.1, 0.15) is 0 Å². The standard InChI is InChI=1S/C16H17N3O/c1-11-7-12(2)15(13(3)8-11)10-18-19-16(20)14-5-4-6-17-9-14/h4-10H,1-3H3,(H,19,20)/b18-10+. The molecule has 2 aromatic rings. The molecule has 1 amide bonds. The van der Waals surface area contributed by atoms with Crippen molar-refractivity contribution in [2.75, 3.05) is 0 Å². The maximum absolute atomic E-state index is 11.8. The molecule has 4 heteroatoms. The molecule has 1 aromatic heterocycles. The van der Waals surface area contributed by atoms with E-state index in [2.05, 4.69) is 34.6 Å². The molecule has 1 aromatic carbocycles. The molecule has 0 fully saturated rings. The van der Waals surface area contributed by atoms with Crippen LogP contribution in [0.25, 0.3) is 0 Å². The van der Waals surface area contributed by atoms with Crippen LogP contribution in [-0.2, 0) is 0 Å². The molecule has 0 aliphatic carbocycles. The SMILES string of the molecule is Cc1cc(C)c(/C=N/NC(=O)c2cccnc2)c(C)c1. The highest BCUT2D eigenvalue weighted by Crippen LogP contribution is 2.14. The molecule has 2 rings (SSSR count). The fourth-order valence-electron chi connectivity index (χ4n) is 2.11. The van der Waals surface area contributed by atoms with Gasteiger partial charge in [-0.15, -0.1) is 0 Å². The van der Waals surface area contributed by atoms with Crippen molar-refractivity contribution in [3.05, 3.63) is 64.5 Å². The Hall–Kier alpha value is -2.49. The van der Waals surface area contributed by atoms with E-state index in [0.29, 0.717) is 5.56 Å². The number of pyridine rings is 1. The van der Waals surface area contributed by atoms with E-state index >= 15 is 0 Å². The third-order valence-corrected chi connectivity index (χ3v) is 3.02. The lowest BCUT2D eigenvalue weighted by Crippen LogP contribution is -2.17. The average Bonchev–Trinajstić information content (AvgIpc) is 2.42. The number of rotatable bonds is 3. The number of aryl methyl sites for hydroxylation is 3. The van der Waals surface area contributed by atoms with Gasteiger partial charge in [-0.25, -0.2) is 5.43 Å². The first-order valence-corrected chi connectivity index (χ1v) is 6.39. The number of nitrogens with zero attached hydrogens (tertiary/aromatic N) is 2. The van der Waals surface area contributed by atoms with E-state index < -0.39 is 0 Å². The number of hydrogen-bond acceptors (Lipinski definition) is 3. The third kappa shape index (κ3) is 3.29. The minimum atomic E-state index is -0.267. The fourth-order valence-corrected chi connectivity index (χ4v) is 2.11. The number of benzene rings is 1. The van der Waals surface area contributed by atoms with E-state index in [1.54, 1.807) is 24.5 Å². The Bertz CT molecular complexity index is 625. The maximum atomic E-state index is 11.8. The van der Waals surface area contributed by atoms with Crippen LogP contribution in [0.1, 0.15) is 32.6 Å². The summed E-state index contributed by atoms with van der Waals surface area (Å²) in [5.41, 5.74) is 7.52. The van der Waals surface area contributed by atoms with E-state index in [4.69, 9.17) is 0 Å². The van der Waals surface area contributed by atoms with Gasteiger partial charge in [-0.05, 0) is 44.0 Å². The van der Waals surface area contributed by atoms with Crippen molar-refractivity contribution in [1.82, 2.24) is 10.4 Å². The van der Waals surface area contributed by atoms with Crippen molar-refractivity contribution in [3.8, 4) is 0 Å². The van der Waals surface area contributed by atoms with Gasteiger partial charge in [-0.1, -0.05) is 17.7 Å². The molecule has 102 valence electrons. The van der Waals surface area contributed by atoms with Crippen molar-refractivity contribution in [1.29, 1.82) is 0 Å². The van der Waals surface area contributed by atoms with Gasteiger partial charge in [0.15, 0.2) is 0 Å². The van der Waals surface area contributed by atoms with Crippen LogP contribution in [-0.4, -0.2) is 17.1 Å². The molecule has 1 N–H and O–H groups in total. The normalized spacial score (nSPS) is 10.8. The molecule has 4 nitrogen and oxygen atoms in total. The van der Waals surface area contributed by atoms with E-state index in [0.717, 1.165) is 16.7 Å². The largest absolute Gasteiger partial charge is 0.272 e. The summed E-state index contributed by atoms with van der Waals surface area (Å²) in [5.74, 6) is -0.267. The van der Waals surface area contributed by atoms with Crippen LogP contribution < -0.4 is 5.43 Å². The Balaban J connectivity index is 2.10. The molecule has 0 spiro atoms. The molecular weight excluding hydrogens is 250 g/mol. The molecule has 1 heterocycles. The molecule has 0 atom stereocenters. The van der Waals surface area contributed by atoms with Gasteiger partial charge < -0.3 is 0 Å². The lowest BCUT2D eigenvalue weighted by Gasteiger charge is -2.06. The summed E-state index contributed by atoms with van der Waals surface area (Å²) in [7, 11) is 0. The summed E-state index contributed by atoms with van der Waals surface area (Å²) in [6, 6.07) is 7.60. The summed E-state index contributed by atoms with van der Waals surface area (Å²) in [5, 5.41) is 4.02. The zero-order valence-corrected chi connectivity index (χ0v) is 11.8. The maximum Gasteiger partial charge on any atom is 0.272 e. The lowest BCUT2D eigenvalue weighted by molar-refractivity contribution is 0.0955. The van der Waals surface area contributed by atoms with Gasteiger partial charge in [-0.2, -0.15) is 5.10 Å². The van der Waals surface area contributed by atoms with Gasteiger partial charge in [0.25, 0.3) is 5.91 Å². The monoisotopic (exact) mass is 267 g/mol. The Labute approximate surface area is 118 Å². The highest BCUT2D eigenvalue weighted by molar-refractivity contribution is 5.94. The van der Waals surface area contributed by atoms with Gasteiger partial charge in [0, 0.05) is 18.0 Å². The predicted molar refractivity (Wildman–Crippen MR) is 80.0 cm³/mol. The number of hydrazone groups is 1. The second-order valence-corrected chi connectivity index (χ2v) is 4.75. The second-order valence-electron chi connectivity index (χ2n) is 4.75. The molecular formula is C16H17N3O. The predicted octanol–water partition coefficient (Wildman–Crippen LogP) is 2.77. The van der Waals surface area contributed by atoms with Gasteiger partial charge in [0.05, 0.1) is 11.8 Å². The lowest BCUT2D eigenvalue weighted by atomic mass is 10.0. The summed E-state index contributed by atoms with van der Waals surface area (Å²) in [4.78, 5) is 15.7. The topological polar surface area (TPSA) is 54.4 Å². The zero-order valence-electron chi connectivity index (χ0n) is 11.8. The number of carbonyl (C=O) groups is 1. The fraction of sp³-hybridized carbons (Fsp3) is 0.188. The van der Waals surface area contributed by atoms with Crippen molar-refractivity contribution >= 4 is 12.1 Å². The molecule has 0 radical (unpaired) electrons. The number of nitrogens with one attached hydrogen (secondary N) is 1. The number of carbonyl (C=O) groups excluding carboxylic acids is 1. The Morgan fingerprint density at radius 1 is 1.25 bits per heavy atom. The first-order chi connectivity index (χ1) is 9.58. The molecule has 0 bridgehead atoms. The van der Waals surface area contributed by atoms with Crippen LogP contribution in [0.3, 0.4) is 0 Å². The van der Waals surface area contributed by atoms with Gasteiger partial charge in [-0.3, -0.25) is 9.78 Å². The smallest absolute Gasteiger partial charge is 0.267 e. The molecule has 0 saturated heterocycles. The minimum Gasteiger partial charge on any atom is -0.267 e. The first kappa shape index (κ1) is 13.9. The molecule has 0 unspecified atom stereocenters. The van der Waals surface area contributed by atoms with E-state index in [1.165, 1.54) is 11.8 Å². The molecule has 0 aliphatic heterocycles. The number of aromatic nitrogens is 1. The summed E-state index contributed by atoms with van der Waals surface area (Å²) in [6.45, 7) is 6.12. The summed E-state index contributed by atoms with van der Waals surface area (Å²) in [6.07, 6.45) is 4.81. The third-order valence-electron chi connectivity index (χ3n) is 3.02. The summed E-state index contributed by atoms with van der Waals surface area (Å²) >= 11 is 0. The molecule has 0 saturated carbocycles. The van der Waals surface area contributed by atoms with Crippen LogP contribution in [0.5, 0.6) is 0 Å². The van der Waals surface area contributed by atoms with E-state index in [-0.39, 0.29) is 5.91 Å². The Kier molecular flexibility index (Phi) is 4.25. The van der Waals surface area contributed by atoms with Crippen molar-refractivity contribution in [3.63, 3.8) is 0 Å². The Morgan fingerprint density at radius 3 is 2.55 bits per heavy atom. The highest BCUT2D eigenvalue weighted by atomic mass is 16.2. The van der Waals surface area contributed by atoms with Gasteiger partial charge in [0.2, 0.25) is 0 Å². The molecule has 0 aliphatic rings. The highest BCUT2D eigenvalue weighted by Gasteiger charge is 2.04. The van der Waals surface area contributed by atoms with Crippen LogP contribution in [0, 0.1) is 20.8 Å². The van der Waals surface area contributed by atoms with Crippen LogP contribution in [0.2, 0.25) is 0 Å². The number of amides is 1. The second kappa shape index (κ2) is 6.10. The average molecular weight is 267 g/mol. The van der Waals surface area contributed by atoms with Crippen molar-refractivity contribution < 1.29 is 4.79 Å². The van der Waals surface area contributed by atoms with Crippen LogP contribution in [0.4, 0.5) is 0 Å². The van der Waals surface area contributed by atoms with Crippen LogP contribution >= 0.6 is 0 Å².